The highest BCUT2D eigenvalue weighted by Crippen LogP contribution is 2.31. The van der Waals surface area contributed by atoms with Gasteiger partial charge < -0.3 is 10.2 Å². The predicted octanol–water partition coefficient (Wildman–Crippen LogP) is 5.40. The van der Waals surface area contributed by atoms with Crippen LogP contribution >= 0.6 is 46.4 Å². The van der Waals surface area contributed by atoms with E-state index in [1.165, 1.54) is 23.1 Å². The first kappa shape index (κ1) is 29.5. The fraction of sp³-hybridized carbons (Fsp3) is 0.391. The Bertz CT molecular complexity index is 1170. The summed E-state index contributed by atoms with van der Waals surface area (Å²) in [6, 6.07) is 8.10. The summed E-state index contributed by atoms with van der Waals surface area (Å²) in [7, 11) is -3.94. The molecule has 0 saturated carbocycles. The molecule has 0 saturated heterocycles. The van der Waals surface area contributed by atoms with Crippen molar-refractivity contribution in [2.45, 2.75) is 45.8 Å². The molecule has 7 nitrogen and oxygen atoms in total. The maximum Gasteiger partial charge on any atom is 0.244 e. The molecule has 0 aliphatic rings. The summed E-state index contributed by atoms with van der Waals surface area (Å²) in [6.45, 7) is 4.65. The topological polar surface area (TPSA) is 86.8 Å². The Balaban J connectivity index is 2.54. The van der Waals surface area contributed by atoms with Crippen molar-refractivity contribution < 1.29 is 18.0 Å². The molecular weight excluding hydrogens is 556 g/mol. The van der Waals surface area contributed by atoms with Gasteiger partial charge in [-0.2, -0.15) is 0 Å². The van der Waals surface area contributed by atoms with Crippen LogP contribution in [0.25, 0.3) is 0 Å². The van der Waals surface area contributed by atoms with Gasteiger partial charge >= 0.3 is 0 Å². The second-order valence-corrected chi connectivity index (χ2v) is 11.7. The van der Waals surface area contributed by atoms with Crippen LogP contribution in [-0.4, -0.2) is 50.0 Å². The third-order valence-corrected chi connectivity index (χ3v) is 7.44. The number of benzene rings is 2. The van der Waals surface area contributed by atoms with E-state index < -0.39 is 28.5 Å². The molecule has 1 unspecified atom stereocenters. The lowest BCUT2D eigenvalue weighted by molar-refractivity contribution is -0.140. The molecule has 192 valence electrons. The van der Waals surface area contributed by atoms with Crippen LogP contribution < -0.4 is 9.62 Å². The molecule has 35 heavy (non-hydrogen) atoms. The maximum absolute atomic E-state index is 13.7. The van der Waals surface area contributed by atoms with Crippen LogP contribution in [0.1, 0.15) is 32.8 Å². The minimum Gasteiger partial charge on any atom is -0.352 e. The predicted molar refractivity (Wildman–Crippen MR) is 143 cm³/mol. The van der Waals surface area contributed by atoms with Gasteiger partial charge in [0.25, 0.3) is 0 Å². The summed E-state index contributed by atoms with van der Waals surface area (Å²) in [5.41, 5.74) is 0.526. The van der Waals surface area contributed by atoms with E-state index >= 15 is 0 Å². The third-order valence-electron chi connectivity index (χ3n) is 5.06. The largest absolute Gasteiger partial charge is 0.352 e. The lowest BCUT2D eigenvalue weighted by Crippen LogP contribution is -2.53. The highest BCUT2D eigenvalue weighted by molar-refractivity contribution is 7.92. The molecule has 0 bridgehead atoms. The SMILES string of the molecule is CCC(C(=O)NC(C)C)N(Cc1c(Cl)cccc1Cl)C(=O)CN(c1ccc(Cl)cc1Cl)S(C)(=O)=O. The van der Waals surface area contributed by atoms with Crippen LogP contribution in [0.15, 0.2) is 36.4 Å². The van der Waals surface area contributed by atoms with Crippen LogP contribution in [0.2, 0.25) is 20.1 Å². The number of hydrogen-bond donors (Lipinski definition) is 1. The molecular formula is C23H27Cl4N3O4S. The van der Waals surface area contributed by atoms with Crippen LogP contribution in [0, 0.1) is 0 Å². The molecule has 0 aliphatic carbocycles. The Hall–Kier alpha value is -1.71. The summed E-state index contributed by atoms with van der Waals surface area (Å²) in [4.78, 5) is 27.9. The number of rotatable bonds is 10. The van der Waals surface area contributed by atoms with Crippen LogP contribution in [-0.2, 0) is 26.2 Å². The van der Waals surface area contributed by atoms with Crippen LogP contribution in [0.5, 0.6) is 0 Å². The number of carbonyl (C=O) groups is 2. The Morgan fingerprint density at radius 3 is 2.09 bits per heavy atom. The molecule has 1 atom stereocenters. The molecule has 0 heterocycles. The van der Waals surface area contributed by atoms with E-state index in [2.05, 4.69) is 5.32 Å². The third kappa shape index (κ3) is 7.89. The number of carbonyl (C=O) groups excluding carboxylic acids is 2. The second-order valence-electron chi connectivity index (χ2n) is 8.17. The number of nitrogens with one attached hydrogen (secondary N) is 1. The van der Waals surface area contributed by atoms with Gasteiger partial charge in [-0.25, -0.2) is 8.42 Å². The fourth-order valence-corrected chi connectivity index (χ4v) is 5.37. The van der Waals surface area contributed by atoms with Crippen molar-refractivity contribution >= 4 is 73.9 Å². The Morgan fingerprint density at radius 1 is 1.00 bits per heavy atom. The van der Waals surface area contributed by atoms with Gasteiger partial charge in [0.2, 0.25) is 21.8 Å². The van der Waals surface area contributed by atoms with Crippen molar-refractivity contribution in [2.75, 3.05) is 17.1 Å². The molecule has 2 amide bonds. The second kappa shape index (κ2) is 12.5. The monoisotopic (exact) mass is 581 g/mol. The summed E-state index contributed by atoms with van der Waals surface area (Å²) < 4.78 is 26.2. The molecule has 2 aromatic carbocycles. The van der Waals surface area contributed by atoms with Gasteiger partial charge in [-0.1, -0.05) is 59.4 Å². The molecule has 0 aliphatic heterocycles. The average molecular weight is 583 g/mol. The zero-order valence-electron chi connectivity index (χ0n) is 19.7. The molecule has 0 aromatic heterocycles. The minimum absolute atomic E-state index is 0.0565. The van der Waals surface area contributed by atoms with Gasteiger partial charge in [0.05, 0.1) is 17.0 Å². The van der Waals surface area contributed by atoms with E-state index in [4.69, 9.17) is 46.4 Å². The van der Waals surface area contributed by atoms with Crippen molar-refractivity contribution in [3.63, 3.8) is 0 Å². The zero-order valence-corrected chi connectivity index (χ0v) is 23.5. The summed E-state index contributed by atoms with van der Waals surface area (Å²) in [5.74, 6) is -1.02. The number of halogens is 4. The highest BCUT2D eigenvalue weighted by atomic mass is 35.5. The standard InChI is InChI=1S/C23H27Cl4N3O4S/c1-5-20(23(32)28-14(2)3)29(12-16-17(25)7-6-8-18(16)26)22(31)13-30(35(4,33)34)21-10-9-15(24)11-19(21)27/h6-11,14,20H,5,12-13H2,1-4H3,(H,28,32). The lowest BCUT2D eigenvalue weighted by atomic mass is 10.1. The fourth-order valence-electron chi connectivity index (χ4n) is 3.43. The molecule has 2 rings (SSSR count). The van der Waals surface area contributed by atoms with Gasteiger partial charge in [-0.3, -0.25) is 13.9 Å². The van der Waals surface area contributed by atoms with Crippen molar-refractivity contribution in [3.8, 4) is 0 Å². The van der Waals surface area contributed by atoms with Gasteiger partial charge in [-0.05, 0) is 50.6 Å². The normalized spacial score (nSPS) is 12.4. The van der Waals surface area contributed by atoms with E-state index in [1.54, 1.807) is 39.0 Å². The Morgan fingerprint density at radius 2 is 1.60 bits per heavy atom. The van der Waals surface area contributed by atoms with Gasteiger partial charge in [0.1, 0.15) is 12.6 Å². The van der Waals surface area contributed by atoms with Crippen molar-refractivity contribution in [1.82, 2.24) is 10.2 Å². The van der Waals surface area contributed by atoms with E-state index in [9.17, 15) is 18.0 Å². The number of hydrogen-bond acceptors (Lipinski definition) is 4. The molecule has 0 spiro atoms. The number of nitrogens with zero attached hydrogens (tertiary/aromatic N) is 2. The van der Waals surface area contributed by atoms with Gasteiger partial charge in [0, 0.05) is 33.2 Å². The van der Waals surface area contributed by atoms with Gasteiger partial charge in [-0.15, -0.1) is 0 Å². The van der Waals surface area contributed by atoms with E-state index in [0.717, 1.165) is 10.6 Å². The first-order chi connectivity index (χ1) is 16.3. The van der Waals surface area contributed by atoms with Crippen LogP contribution in [0.4, 0.5) is 5.69 Å². The van der Waals surface area contributed by atoms with Crippen molar-refractivity contribution in [3.05, 3.63) is 62.1 Å². The molecule has 12 heteroatoms. The molecule has 0 radical (unpaired) electrons. The smallest absolute Gasteiger partial charge is 0.244 e. The highest BCUT2D eigenvalue weighted by Gasteiger charge is 2.33. The van der Waals surface area contributed by atoms with Crippen LogP contribution in [0.3, 0.4) is 0 Å². The summed E-state index contributed by atoms with van der Waals surface area (Å²) in [5, 5.41) is 3.80. The summed E-state index contributed by atoms with van der Waals surface area (Å²) in [6.07, 6.45) is 1.23. The minimum atomic E-state index is -3.94. The van der Waals surface area contributed by atoms with Crippen molar-refractivity contribution in [2.24, 2.45) is 0 Å². The Kier molecular flexibility index (Phi) is 10.5. The van der Waals surface area contributed by atoms with E-state index in [-0.39, 0.29) is 35.6 Å². The van der Waals surface area contributed by atoms with E-state index in [1.807, 2.05) is 0 Å². The molecule has 1 N–H and O–H groups in total. The zero-order chi connectivity index (χ0) is 26.5. The number of amides is 2. The quantitative estimate of drug-likeness (QED) is 0.406. The first-order valence-electron chi connectivity index (χ1n) is 10.7. The Labute approximate surface area is 226 Å². The molecule has 2 aromatic rings. The summed E-state index contributed by atoms with van der Waals surface area (Å²) >= 11 is 24.9. The lowest BCUT2D eigenvalue weighted by Gasteiger charge is -2.33. The van der Waals surface area contributed by atoms with Crippen molar-refractivity contribution in [1.29, 1.82) is 0 Å². The number of anilines is 1. The number of sulfonamides is 1. The average Bonchev–Trinajstić information content (AvgIpc) is 2.73. The first-order valence-corrected chi connectivity index (χ1v) is 14.1. The van der Waals surface area contributed by atoms with Gasteiger partial charge in [0.15, 0.2) is 0 Å². The molecule has 0 fully saturated rings. The van der Waals surface area contributed by atoms with E-state index in [0.29, 0.717) is 20.6 Å². The maximum atomic E-state index is 13.7.